The zero-order valence-corrected chi connectivity index (χ0v) is 41.6. The minimum Gasteiger partial charge on any atom is -0.462 e. The lowest BCUT2D eigenvalue weighted by Crippen LogP contribution is -2.30. The number of unbranched alkanes of at least 4 members (excludes halogenated alkanes) is 37. The van der Waals surface area contributed by atoms with Crippen LogP contribution in [0.3, 0.4) is 0 Å². The van der Waals surface area contributed by atoms with Gasteiger partial charge in [-0.15, -0.1) is 0 Å². The molecule has 0 aromatic heterocycles. The van der Waals surface area contributed by atoms with Gasteiger partial charge < -0.3 is 14.2 Å². The Kier molecular flexibility index (Phi) is 48.1. The van der Waals surface area contributed by atoms with Crippen molar-refractivity contribution in [1.29, 1.82) is 0 Å². The van der Waals surface area contributed by atoms with Gasteiger partial charge in [-0.2, -0.15) is 0 Å². The standard InChI is InChI=1S/C55H106O6/c1-5-7-9-11-13-15-17-18-19-20-24-27-31-35-39-43-47-54(57)60-50-52(49-59-53(56)46-42-38-34-30-16-14-12-10-8-6-2)61-55(58)48-44-40-36-32-28-25-22-21-23-26-29-33-37-41-45-51(3)4/h51-52H,5-50H2,1-4H3/t52-/m1/s1. The second-order valence-corrected chi connectivity index (χ2v) is 19.3. The van der Waals surface area contributed by atoms with Crippen molar-refractivity contribution in [3.63, 3.8) is 0 Å². The Hall–Kier alpha value is -1.59. The van der Waals surface area contributed by atoms with Crippen LogP contribution in [-0.2, 0) is 28.6 Å². The van der Waals surface area contributed by atoms with Crippen LogP contribution in [0.15, 0.2) is 0 Å². The molecule has 0 bridgehead atoms. The van der Waals surface area contributed by atoms with Crippen LogP contribution in [0.1, 0.15) is 310 Å². The molecule has 0 unspecified atom stereocenters. The Morgan fingerprint density at radius 1 is 0.311 bits per heavy atom. The quantitative estimate of drug-likeness (QED) is 0.0344. The molecular formula is C55H106O6. The summed E-state index contributed by atoms with van der Waals surface area (Å²) in [5.74, 6) is 0.00245. The molecule has 0 fully saturated rings. The Labute approximate surface area is 380 Å². The van der Waals surface area contributed by atoms with Crippen LogP contribution in [0.25, 0.3) is 0 Å². The van der Waals surface area contributed by atoms with E-state index < -0.39 is 6.10 Å². The van der Waals surface area contributed by atoms with Gasteiger partial charge in [0.15, 0.2) is 6.10 Å². The van der Waals surface area contributed by atoms with Gasteiger partial charge in [0, 0.05) is 19.3 Å². The number of carbonyl (C=O) groups is 3. The van der Waals surface area contributed by atoms with E-state index >= 15 is 0 Å². The zero-order chi connectivity index (χ0) is 44.5. The van der Waals surface area contributed by atoms with Gasteiger partial charge >= 0.3 is 17.9 Å². The van der Waals surface area contributed by atoms with Crippen LogP contribution >= 0.6 is 0 Å². The molecule has 0 spiro atoms. The van der Waals surface area contributed by atoms with E-state index in [1.807, 2.05) is 0 Å². The van der Waals surface area contributed by atoms with E-state index in [1.165, 1.54) is 205 Å². The molecule has 0 aromatic rings. The highest BCUT2D eigenvalue weighted by molar-refractivity contribution is 5.71. The number of hydrogen-bond acceptors (Lipinski definition) is 6. The molecule has 0 radical (unpaired) electrons. The molecule has 0 aliphatic carbocycles. The number of ether oxygens (including phenoxy) is 3. The first-order chi connectivity index (χ1) is 29.9. The minimum absolute atomic E-state index is 0.0622. The monoisotopic (exact) mass is 863 g/mol. The molecule has 0 aliphatic rings. The summed E-state index contributed by atoms with van der Waals surface area (Å²) in [6, 6.07) is 0. The predicted molar refractivity (Wildman–Crippen MR) is 261 cm³/mol. The molecule has 0 saturated heterocycles. The Balaban J connectivity index is 4.26. The highest BCUT2D eigenvalue weighted by Crippen LogP contribution is 2.17. The summed E-state index contributed by atoms with van der Waals surface area (Å²) < 4.78 is 16.8. The zero-order valence-electron chi connectivity index (χ0n) is 41.6. The highest BCUT2D eigenvalue weighted by Gasteiger charge is 2.19. The van der Waals surface area contributed by atoms with E-state index in [9.17, 15) is 14.4 Å². The van der Waals surface area contributed by atoms with Crippen molar-refractivity contribution >= 4 is 17.9 Å². The van der Waals surface area contributed by atoms with E-state index in [0.29, 0.717) is 19.3 Å². The van der Waals surface area contributed by atoms with Gasteiger partial charge in [-0.3, -0.25) is 14.4 Å². The van der Waals surface area contributed by atoms with Crippen molar-refractivity contribution in [3.05, 3.63) is 0 Å². The smallest absolute Gasteiger partial charge is 0.306 e. The van der Waals surface area contributed by atoms with Gasteiger partial charge in [0.1, 0.15) is 13.2 Å². The first-order valence-electron chi connectivity index (χ1n) is 27.4. The molecule has 0 amide bonds. The maximum Gasteiger partial charge on any atom is 0.306 e. The largest absolute Gasteiger partial charge is 0.462 e. The lowest BCUT2D eigenvalue weighted by atomic mass is 10.0. The average Bonchev–Trinajstić information content (AvgIpc) is 3.24. The normalized spacial score (nSPS) is 12.0. The van der Waals surface area contributed by atoms with Crippen molar-refractivity contribution in [1.82, 2.24) is 0 Å². The SMILES string of the molecule is CCCCCCCCCCCCCCCCCCC(=O)OC[C@@H](COC(=O)CCCCCCCCCCCC)OC(=O)CCCCCCCCCCCCCCCCC(C)C. The maximum absolute atomic E-state index is 12.8. The third kappa shape index (κ3) is 49.3. The summed E-state index contributed by atoms with van der Waals surface area (Å²) >= 11 is 0. The maximum atomic E-state index is 12.8. The molecule has 6 nitrogen and oxygen atoms in total. The molecule has 61 heavy (non-hydrogen) atoms. The third-order valence-corrected chi connectivity index (χ3v) is 12.5. The molecule has 0 heterocycles. The second-order valence-electron chi connectivity index (χ2n) is 19.3. The number of rotatable bonds is 50. The summed E-state index contributed by atoms with van der Waals surface area (Å²) in [6.07, 6.45) is 52.3. The lowest BCUT2D eigenvalue weighted by Gasteiger charge is -2.18. The highest BCUT2D eigenvalue weighted by atomic mass is 16.6. The molecule has 0 aromatic carbocycles. The van der Waals surface area contributed by atoms with E-state index in [0.717, 1.165) is 63.7 Å². The van der Waals surface area contributed by atoms with Crippen LogP contribution in [0.4, 0.5) is 0 Å². The van der Waals surface area contributed by atoms with E-state index in [1.54, 1.807) is 0 Å². The van der Waals surface area contributed by atoms with Gasteiger partial charge in [-0.1, -0.05) is 272 Å². The van der Waals surface area contributed by atoms with Crippen LogP contribution in [0.2, 0.25) is 0 Å². The van der Waals surface area contributed by atoms with Gasteiger partial charge in [0.2, 0.25) is 0 Å². The van der Waals surface area contributed by atoms with Gasteiger partial charge in [-0.25, -0.2) is 0 Å². The van der Waals surface area contributed by atoms with Gasteiger partial charge in [-0.05, 0) is 25.2 Å². The Bertz CT molecular complexity index is 918. The fourth-order valence-electron chi connectivity index (χ4n) is 8.39. The molecule has 0 rings (SSSR count). The lowest BCUT2D eigenvalue weighted by molar-refractivity contribution is -0.167. The summed E-state index contributed by atoms with van der Waals surface area (Å²) in [6.45, 7) is 9.04. The van der Waals surface area contributed by atoms with Gasteiger partial charge in [0.05, 0.1) is 0 Å². The number of hydrogen-bond donors (Lipinski definition) is 0. The Morgan fingerprint density at radius 3 is 0.803 bits per heavy atom. The predicted octanol–water partition coefficient (Wildman–Crippen LogP) is 17.8. The van der Waals surface area contributed by atoms with Crippen LogP contribution in [-0.4, -0.2) is 37.2 Å². The number of carbonyl (C=O) groups excluding carboxylic acids is 3. The van der Waals surface area contributed by atoms with E-state index in [4.69, 9.17) is 14.2 Å². The molecule has 0 N–H and O–H groups in total. The summed E-state index contributed by atoms with van der Waals surface area (Å²) in [5.41, 5.74) is 0. The molecule has 0 saturated carbocycles. The first-order valence-corrected chi connectivity index (χ1v) is 27.4. The number of esters is 3. The minimum atomic E-state index is -0.760. The topological polar surface area (TPSA) is 78.9 Å². The van der Waals surface area contributed by atoms with Crippen LogP contribution in [0.5, 0.6) is 0 Å². The fraction of sp³-hybridized carbons (Fsp3) is 0.945. The molecule has 0 aliphatic heterocycles. The Morgan fingerprint density at radius 2 is 0.541 bits per heavy atom. The second kappa shape index (κ2) is 49.4. The fourth-order valence-corrected chi connectivity index (χ4v) is 8.39. The van der Waals surface area contributed by atoms with Crippen LogP contribution in [0, 0.1) is 5.92 Å². The molecule has 362 valence electrons. The van der Waals surface area contributed by atoms with Crippen molar-refractivity contribution in [2.75, 3.05) is 13.2 Å². The molecule has 6 heteroatoms. The van der Waals surface area contributed by atoms with Crippen molar-refractivity contribution < 1.29 is 28.6 Å². The first kappa shape index (κ1) is 59.4. The van der Waals surface area contributed by atoms with E-state index in [2.05, 4.69) is 27.7 Å². The van der Waals surface area contributed by atoms with Crippen molar-refractivity contribution in [2.45, 2.75) is 316 Å². The van der Waals surface area contributed by atoms with Crippen molar-refractivity contribution in [3.8, 4) is 0 Å². The third-order valence-electron chi connectivity index (χ3n) is 12.5. The molecule has 1 atom stereocenters. The van der Waals surface area contributed by atoms with E-state index in [-0.39, 0.29) is 31.1 Å². The summed E-state index contributed by atoms with van der Waals surface area (Å²) in [5, 5.41) is 0. The van der Waals surface area contributed by atoms with Gasteiger partial charge in [0.25, 0.3) is 0 Å². The van der Waals surface area contributed by atoms with Crippen LogP contribution < -0.4 is 0 Å². The van der Waals surface area contributed by atoms with Crippen molar-refractivity contribution in [2.24, 2.45) is 5.92 Å². The molecular weight excluding hydrogens is 757 g/mol. The summed E-state index contributed by atoms with van der Waals surface area (Å²) in [7, 11) is 0. The summed E-state index contributed by atoms with van der Waals surface area (Å²) in [4.78, 5) is 38.0. The average molecular weight is 863 g/mol.